The average Bonchev–Trinajstić information content (AvgIpc) is 2.67. The normalized spacial score (nSPS) is 10.7. The summed E-state index contributed by atoms with van der Waals surface area (Å²) in [6.07, 6.45) is 0. The van der Waals surface area contributed by atoms with Crippen LogP contribution < -0.4 is 0 Å². The lowest BCUT2D eigenvalue weighted by Gasteiger charge is -1.98. The molecule has 0 fully saturated rings. The van der Waals surface area contributed by atoms with Crippen LogP contribution in [-0.4, -0.2) is 31.6 Å². The van der Waals surface area contributed by atoms with Crippen LogP contribution in [0.1, 0.15) is 0 Å². The van der Waals surface area contributed by atoms with Gasteiger partial charge in [-0.25, -0.2) is 18.4 Å². The maximum Gasteiger partial charge on any atom is 0.313 e. The molecule has 2 rings (SSSR count). The van der Waals surface area contributed by atoms with Gasteiger partial charge in [0, 0.05) is 7.05 Å². The Morgan fingerprint density at radius 2 is 2.05 bits per heavy atom. The molecular weight excluding hydrogens is 276 g/mol. The van der Waals surface area contributed by atoms with Gasteiger partial charge < -0.3 is 5.11 Å². The molecule has 0 unspecified atom stereocenters. The van der Waals surface area contributed by atoms with Gasteiger partial charge in [0.05, 0.1) is 11.3 Å². The average molecular weight is 285 g/mol. The first-order valence-electron chi connectivity index (χ1n) is 5.19. The third-order valence-corrected chi connectivity index (χ3v) is 3.24. The number of hydrogen-bond acceptors (Lipinski definition) is 4. The van der Waals surface area contributed by atoms with Crippen LogP contribution in [-0.2, 0) is 11.8 Å². The van der Waals surface area contributed by atoms with E-state index in [1.807, 2.05) is 0 Å². The second-order valence-electron chi connectivity index (χ2n) is 3.62. The molecule has 0 spiro atoms. The molecule has 0 amide bonds. The Morgan fingerprint density at radius 3 is 2.63 bits per heavy atom. The van der Waals surface area contributed by atoms with Crippen LogP contribution in [0.25, 0.3) is 11.4 Å². The van der Waals surface area contributed by atoms with E-state index < -0.39 is 17.6 Å². The van der Waals surface area contributed by atoms with Crippen molar-refractivity contribution in [3.05, 3.63) is 29.8 Å². The molecule has 0 aliphatic rings. The molecule has 1 heterocycles. The molecule has 2 aromatic rings. The van der Waals surface area contributed by atoms with Crippen molar-refractivity contribution in [2.45, 2.75) is 5.16 Å². The molecule has 0 atom stereocenters. The fourth-order valence-electron chi connectivity index (χ4n) is 1.44. The molecule has 0 saturated carbocycles. The first kappa shape index (κ1) is 13.5. The molecule has 0 saturated heterocycles. The maximum absolute atomic E-state index is 13.6. The van der Waals surface area contributed by atoms with Crippen molar-refractivity contribution < 1.29 is 18.7 Å². The number of aryl methyl sites for hydroxylation is 1. The number of rotatable bonds is 4. The van der Waals surface area contributed by atoms with Crippen molar-refractivity contribution in [2.75, 3.05) is 5.75 Å². The molecule has 8 heteroatoms. The van der Waals surface area contributed by atoms with E-state index >= 15 is 0 Å². The molecule has 0 aliphatic heterocycles. The van der Waals surface area contributed by atoms with Crippen molar-refractivity contribution >= 4 is 17.7 Å². The zero-order valence-corrected chi connectivity index (χ0v) is 10.6. The highest BCUT2D eigenvalue weighted by Crippen LogP contribution is 2.25. The van der Waals surface area contributed by atoms with Gasteiger partial charge in [0.2, 0.25) is 0 Å². The summed E-state index contributed by atoms with van der Waals surface area (Å²) >= 11 is 0.927. The topological polar surface area (TPSA) is 68.0 Å². The van der Waals surface area contributed by atoms with Crippen LogP contribution in [0.15, 0.2) is 23.4 Å². The number of hydrogen-bond donors (Lipinski definition) is 1. The summed E-state index contributed by atoms with van der Waals surface area (Å²) < 4.78 is 28.4. The summed E-state index contributed by atoms with van der Waals surface area (Å²) in [4.78, 5) is 14.4. The predicted octanol–water partition coefficient (Wildman–Crippen LogP) is 1.94. The van der Waals surface area contributed by atoms with E-state index in [0.717, 1.165) is 23.9 Å². The van der Waals surface area contributed by atoms with Gasteiger partial charge in [0.1, 0.15) is 11.6 Å². The Hall–Kier alpha value is -1.96. The first-order chi connectivity index (χ1) is 8.99. The largest absolute Gasteiger partial charge is 0.481 e. The summed E-state index contributed by atoms with van der Waals surface area (Å²) in [5.41, 5.74) is -0.319. The Balaban J connectivity index is 2.36. The zero-order valence-electron chi connectivity index (χ0n) is 9.80. The monoisotopic (exact) mass is 285 g/mol. The van der Waals surface area contributed by atoms with Crippen LogP contribution in [0.3, 0.4) is 0 Å². The van der Waals surface area contributed by atoms with E-state index in [9.17, 15) is 13.6 Å². The van der Waals surface area contributed by atoms with Crippen LogP contribution >= 0.6 is 11.8 Å². The van der Waals surface area contributed by atoms with Gasteiger partial charge in [0.25, 0.3) is 0 Å². The van der Waals surface area contributed by atoms with E-state index in [0.29, 0.717) is 0 Å². The van der Waals surface area contributed by atoms with E-state index in [-0.39, 0.29) is 22.3 Å². The third-order valence-electron chi connectivity index (χ3n) is 2.23. The molecule has 5 nitrogen and oxygen atoms in total. The van der Waals surface area contributed by atoms with E-state index in [1.54, 1.807) is 0 Å². The highest BCUT2D eigenvalue weighted by Gasteiger charge is 2.18. The highest BCUT2D eigenvalue weighted by atomic mass is 32.2. The highest BCUT2D eigenvalue weighted by molar-refractivity contribution is 7.99. The summed E-state index contributed by atoms with van der Waals surface area (Å²) in [5.74, 6) is -2.84. The Bertz CT molecular complexity index is 610. The van der Waals surface area contributed by atoms with Crippen LogP contribution in [0.2, 0.25) is 0 Å². The minimum Gasteiger partial charge on any atom is -0.481 e. The fraction of sp³-hybridized carbons (Fsp3) is 0.182. The van der Waals surface area contributed by atoms with Crippen molar-refractivity contribution in [1.29, 1.82) is 0 Å². The quantitative estimate of drug-likeness (QED) is 0.869. The molecule has 19 heavy (non-hydrogen) atoms. The summed E-state index contributed by atoms with van der Waals surface area (Å²) in [6, 6.07) is 3.47. The van der Waals surface area contributed by atoms with Gasteiger partial charge in [0.15, 0.2) is 11.0 Å². The lowest BCUT2D eigenvalue weighted by atomic mass is 10.2. The second-order valence-corrected chi connectivity index (χ2v) is 4.56. The molecule has 1 N–H and O–H groups in total. The standard InChI is InChI=1S/C11H9F2N3O2S/c1-16-11(19-5-8(17)18)14-10(15-16)9-6(12)3-2-4-7(9)13/h2-4H,5H2,1H3,(H,17,18). The summed E-state index contributed by atoms with van der Waals surface area (Å²) in [7, 11) is 1.53. The van der Waals surface area contributed by atoms with Gasteiger partial charge in [-0.15, -0.1) is 0 Å². The third kappa shape index (κ3) is 2.90. The lowest BCUT2D eigenvalue weighted by molar-refractivity contribution is -0.133. The van der Waals surface area contributed by atoms with E-state index in [2.05, 4.69) is 10.1 Å². The number of benzene rings is 1. The summed E-state index contributed by atoms with van der Waals surface area (Å²) in [6.45, 7) is 0. The number of aromatic nitrogens is 3. The molecule has 100 valence electrons. The molecule has 0 bridgehead atoms. The van der Waals surface area contributed by atoms with Crippen LogP contribution in [0.5, 0.6) is 0 Å². The van der Waals surface area contributed by atoms with Gasteiger partial charge >= 0.3 is 5.97 Å². The molecule has 0 aliphatic carbocycles. The first-order valence-corrected chi connectivity index (χ1v) is 6.17. The van der Waals surface area contributed by atoms with Crippen molar-refractivity contribution in [3.8, 4) is 11.4 Å². The minimum atomic E-state index is -1.01. The predicted molar refractivity (Wildman–Crippen MR) is 64.7 cm³/mol. The van der Waals surface area contributed by atoms with Gasteiger partial charge in [-0.3, -0.25) is 4.79 Å². The minimum absolute atomic E-state index is 0.106. The number of carboxylic acids is 1. The second kappa shape index (κ2) is 5.35. The van der Waals surface area contributed by atoms with E-state index in [4.69, 9.17) is 5.11 Å². The van der Waals surface area contributed by atoms with Crippen LogP contribution in [0, 0.1) is 11.6 Å². The molecule has 1 aromatic carbocycles. The van der Waals surface area contributed by atoms with Crippen molar-refractivity contribution in [1.82, 2.24) is 14.8 Å². The lowest BCUT2D eigenvalue weighted by Crippen LogP contribution is -2.00. The molecule has 1 aromatic heterocycles. The molecular formula is C11H9F2N3O2S. The van der Waals surface area contributed by atoms with Gasteiger partial charge in [-0.05, 0) is 12.1 Å². The zero-order chi connectivity index (χ0) is 14.0. The number of carboxylic acid groups (broad SMARTS) is 1. The Labute approximate surface area is 111 Å². The maximum atomic E-state index is 13.6. The van der Waals surface area contributed by atoms with Crippen molar-refractivity contribution in [3.63, 3.8) is 0 Å². The van der Waals surface area contributed by atoms with Gasteiger partial charge in [-0.2, -0.15) is 5.10 Å². The number of halogens is 2. The van der Waals surface area contributed by atoms with Crippen molar-refractivity contribution in [2.24, 2.45) is 7.05 Å². The number of aliphatic carboxylic acids is 1. The Morgan fingerprint density at radius 1 is 1.42 bits per heavy atom. The number of nitrogens with zero attached hydrogens (tertiary/aromatic N) is 3. The smallest absolute Gasteiger partial charge is 0.313 e. The number of carbonyl (C=O) groups is 1. The fourth-order valence-corrected chi connectivity index (χ4v) is 2.07. The van der Waals surface area contributed by atoms with E-state index in [1.165, 1.54) is 17.8 Å². The van der Waals surface area contributed by atoms with Crippen LogP contribution in [0.4, 0.5) is 8.78 Å². The number of thioether (sulfide) groups is 1. The van der Waals surface area contributed by atoms with Gasteiger partial charge in [-0.1, -0.05) is 17.8 Å². The molecule has 0 radical (unpaired) electrons. The summed E-state index contributed by atoms with van der Waals surface area (Å²) in [5, 5.41) is 12.7. The SMILES string of the molecule is Cn1nc(-c2c(F)cccc2F)nc1SCC(=O)O. The Kier molecular flexibility index (Phi) is 3.79.